The molecule has 1 aliphatic heterocycles. The fourth-order valence-electron chi connectivity index (χ4n) is 1.89. The Morgan fingerprint density at radius 2 is 2.53 bits per heavy atom. The Morgan fingerprint density at radius 3 is 3.20 bits per heavy atom. The summed E-state index contributed by atoms with van der Waals surface area (Å²) in [6.07, 6.45) is 3.25. The highest BCUT2D eigenvalue weighted by Gasteiger charge is 2.27. The highest BCUT2D eigenvalue weighted by atomic mass is 35.5. The van der Waals surface area contributed by atoms with Gasteiger partial charge in [0.05, 0.1) is 5.51 Å². The van der Waals surface area contributed by atoms with Crippen LogP contribution in [0.1, 0.15) is 29.8 Å². The number of thiazole rings is 1. The molecule has 1 aromatic rings. The Kier molecular flexibility index (Phi) is 3.59. The van der Waals surface area contributed by atoms with Gasteiger partial charge >= 0.3 is 0 Å². The Hall–Kier alpha value is -0.610. The van der Waals surface area contributed by atoms with E-state index in [0.717, 1.165) is 25.8 Å². The maximum absolute atomic E-state index is 12.0. The van der Waals surface area contributed by atoms with Crippen molar-refractivity contribution in [1.29, 1.82) is 0 Å². The topological polar surface area (TPSA) is 33.2 Å². The molecule has 0 aromatic carbocycles. The van der Waals surface area contributed by atoms with Crippen LogP contribution < -0.4 is 0 Å². The molecule has 0 aliphatic carbocycles. The number of halogens is 1. The third kappa shape index (κ3) is 2.32. The molecule has 1 aliphatic rings. The van der Waals surface area contributed by atoms with Crippen molar-refractivity contribution in [3.8, 4) is 0 Å². The van der Waals surface area contributed by atoms with Gasteiger partial charge in [0, 0.05) is 23.8 Å². The summed E-state index contributed by atoms with van der Waals surface area (Å²) < 4.78 is 0. The fraction of sp³-hybridized carbons (Fsp3) is 0.600. The van der Waals surface area contributed by atoms with Crippen LogP contribution in [0.2, 0.25) is 0 Å². The van der Waals surface area contributed by atoms with Crippen LogP contribution in [0, 0.1) is 0 Å². The molecule has 1 atom stereocenters. The van der Waals surface area contributed by atoms with E-state index in [-0.39, 0.29) is 11.9 Å². The first kappa shape index (κ1) is 10.9. The summed E-state index contributed by atoms with van der Waals surface area (Å²) in [6.45, 7) is 0.813. The van der Waals surface area contributed by atoms with Crippen LogP contribution in [0.4, 0.5) is 0 Å². The number of aromatic nitrogens is 1. The van der Waals surface area contributed by atoms with E-state index in [1.807, 2.05) is 4.90 Å². The number of nitrogens with zero attached hydrogens (tertiary/aromatic N) is 2. The maximum atomic E-state index is 12.0. The standard InChI is InChI=1S/C10H13ClN2OS/c11-5-8-3-1-2-4-13(8)10(14)9-6-15-7-12-9/h6-8H,1-5H2. The predicted octanol–water partition coefficient (Wildman–Crippen LogP) is 2.38. The molecule has 82 valence electrons. The zero-order valence-electron chi connectivity index (χ0n) is 8.36. The normalized spacial score (nSPS) is 21.7. The van der Waals surface area contributed by atoms with Gasteiger partial charge in [-0.1, -0.05) is 0 Å². The lowest BCUT2D eigenvalue weighted by Crippen LogP contribution is -2.44. The largest absolute Gasteiger partial charge is 0.333 e. The smallest absolute Gasteiger partial charge is 0.273 e. The molecule has 3 nitrogen and oxygen atoms in total. The van der Waals surface area contributed by atoms with E-state index in [1.165, 1.54) is 11.3 Å². The van der Waals surface area contributed by atoms with Crippen molar-refractivity contribution in [2.45, 2.75) is 25.3 Å². The summed E-state index contributed by atoms with van der Waals surface area (Å²) in [5.41, 5.74) is 2.24. The molecule has 1 fully saturated rings. The zero-order valence-corrected chi connectivity index (χ0v) is 9.93. The first-order valence-corrected chi connectivity index (χ1v) is 6.56. The molecule has 0 spiro atoms. The van der Waals surface area contributed by atoms with Crippen molar-refractivity contribution >= 4 is 28.8 Å². The minimum atomic E-state index is 0.0293. The third-order valence-electron chi connectivity index (χ3n) is 2.72. The maximum Gasteiger partial charge on any atom is 0.273 e. The second kappa shape index (κ2) is 4.94. The van der Waals surface area contributed by atoms with E-state index < -0.39 is 0 Å². The van der Waals surface area contributed by atoms with Crippen molar-refractivity contribution in [3.05, 3.63) is 16.6 Å². The van der Waals surface area contributed by atoms with E-state index in [9.17, 15) is 4.79 Å². The quantitative estimate of drug-likeness (QED) is 0.749. The number of likely N-dealkylation sites (tertiary alicyclic amines) is 1. The minimum absolute atomic E-state index is 0.0293. The van der Waals surface area contributed by atoms with Crippen molar-refractivity contribution in [2.75, 3.05) is 12.4 Å². The lowest BCUT2D eigenvalue weighted by Gasteiger charge is -2.34. The van der Waals surface area contributed by atoms with Gasteiger partial charge in [0.25, 0.3) is 5.91 Å². The van der Waals surface area contributed by atoms with Crippen LogP contribution in [-0.2, 0) is 0 Å². The summed E-state index contributed by atoms with van der Waals surface area (Å²) in [5, 5.41) is 1.79. The van der Waals surface area contributed by atoms with Crippen LogP contribution in [0.15, 0.2) is 10.9 Å². The number of carbonyl (C=O) groups excluding carboxylic acids is 1. The molecule has 5 heteroatoms. The lowest BCUT2D eigenvalue weighted by molar-refractivity contribution is 0.0634. The molecular formula is C10H13ClN2OS. The Balaban J connectivity index is 2.11. The van der Waals surface area contributed by atoms with E-state index in [4.69, 9.17) is 11.6 Å². The van der Waals surface area contributed by atoms with Gasteiger partial charge < -0.3 is 4.90 Å². The number of hydrogen-bond acceptors (Lipinski definition) is 3. The molecule has 1 aromatic heterocycles. The summed E-state index contributed by atoms with van der Waals surface area (Å²) in [6, 6.07) is 0.189. The Morgan fingerprint density at radius 1 is 1.67 bits per heavy atom. The Labute approximate surface area is 98.1 Å². The van der Waals surface area contributed by atoms with E-state index in [2.05, 4.69) is 4.98 Å². The average molecular weight is 245 g/mol. The number of piperidine rings is 1. The van der Waals surface area contributed by atoms with Gasteiger partial charge in [-0.2, -0.15) is 0 Å². The number of hydrogen-bond donors (Lipinski definition) is 0. The van der Waals surface area contributed by atoms with Crippen molar-refractivity contribution < 1.29 is 4.79 Å². The van der Waals surface area contributed by atoms with Crippen LogP contribution in [-0.4, -0.2) is 34.3 Å². The molecule has 1 saturated heterocycles. The molecule has 2 heterocycles. The van der Waals surface area contributed by atoms with Gasteiger partial charge in [-0.15, -0.1) is 22.9 Å². The lowest BCUT2D eigenvalue weighted by atomic mass is 10.0. The van der Waals surface area contributed by atoms with Gasteiger partial charge in [0.2, 0.25) is 0 Å². The second-order valence-electron chi connectivity index (χ2n) is 3.68. The van der Waals surface area contributed by atoms with Gasteiger partial charge in [-0.3, -0.25) is 4.79 Å². The summed E-state index contributed by atoms with van der Waals surface area (Å²) >= 11 is 7.32. The molecule has 15 heavy (non-hydrogen) atoms. The molecule has 1 amide bonds. The van der Waals surface area contributed by atoms with Gasteiger partial charge in [0.15, 0.2) is 0 Å². The van der Waals surface area contributed by atoms with E-state index in [0.29, 0.717) is 11.6 Å². The predicted molar refractivity (Wildman–Crippen MR) is 61.5 cm³/mol. The molecule has 0 saturated carbocycles. The highest BCUT2D eigenvalue weighted by Crippen LogP contribution is 2.20. The number of alkyl halides is 1. The molecular weight excluding hydrogens is 232 g/mol. The number of rotatable bonds is 2. The van der Waals surface area contributed by atoms with E-state index in [1.54, 1.807) is 10.9 Å². The average Bonchev–Trinajstić information content (AvgIpc) is 2.81. The van der Waals surface area contributed by atoms with Crippen LogP contribution in [0.5, 0.6) is 0 Å². The zero-order chi connectivity index (χ0) is 10.7. The van der Waals surface area contributed by atoms with Crippen LogP contribution >= 0.6 is 22.9 Å². The molecule has 0 bridgehead atoms. The fourth-order valence-corrected chi connectivity index (χ4v) is 2.74. The molecule has 1 unspecified atom stereocenters. The monoisotopic (exact) mass is 244 g/mol. The SMILES string of the molecule is O=C(c1cscn1)N1CCCCC1CCl. The summed E-state index contributed by atoms with van der Waals surface area (Å²) in [7, 11) is 0. The van der Waals surface area contributed by atoms with Gasteiger partial charge in [0.1, 0.15) is 5.69 Å². The Bertz CT molecular complexity index is 328. The van der Waals surface area contributed by atoms with Gasteiger partial charge in [-0.05, 0) is 19.3 Å². The molecule has 2 rings (SSSR count). The van der Waals surface area contributed by atoms with Crippen LogP contribution in [0.25, 0.3) is 0 Å². The minimum Gasteiger partial charge on any atom is -0.333 e. The van der Waals surface area contributed by atoms with Crippen molar-refractivity contribution in [2.24, 2.45) is 0 Å². The molecule has 0 radical (unpaired) electrons. The number of carbonyl (C=O) groups is 1. The van der Waals surface area contributed by atoms with E-state index >= 15 is 0 Å². The second-order valence-corrected chi connectivity index (χ2v) is 4.70. The highest BCUT2D eigenvalue weighted by molar-refractivity contribution is 7.07. The first-order chi connectivity index (χ1) is 7.33. The first-order valence-electron chi connectivity index (χ1n) is 5.08. The molecule has 0 N–H and O–H groups in total. The van der Waals surface area contributed by atoms with Gasteiger partial charge in [-0.25, -0.2) is 4.98 Å². The third-order valence-corrected chi connectivity index (χ3v) is 3.66. The number of amides is 1. The van der Waals surface area contributed by atoms with Crippen molar-refractivity contribution in [3.63, 3.8) is 0 Å². The van der Waals surface area contributed by atoms with Crippen LogP contribution in [0.3, 0.4) is 0 Å². The van der Waals surface area contributed by atoms with Crippen molar-refractivity contribution in [1.82, 2.24) is 9.88 Å². The summed E-state index contributed by atoms with van der Waals surface area (Å²) in [4.78, 5) is 18.0. The summed E-state index contributed by atoms with van der Waals surface area (Å²) in [5.74, 6) is 0.553.